The summed E-state index contributed by atoms with van der Waals surface area (Å²) in [5.41, 5.74) is 2.24. The molecule has 4 rings (SSSR count). The maximum atomic E-state index is 12.7. The van der Waals surface area contributed by atoms with Crippen LogP contribution in [-0.2, 0) is 16.4 Å². The fourth-order valence-electron chi connectivity index (χ4n) is 3.72. The SMILES string of the molecule is O=[N+]([O-])c1cc(S(=O)(=O)N2CCCC2)ccc1NCCc1c[nH]c2ccccc12. The van der Waals surface area contributed by atoms with Crippen LogP contribution in [0.1, 0.15) is 18.4 Å². The molecule has 0 unspecified atom stereocenters. The Kier molecular flexibility index (Phi) is 5.25. The maximum Gasteiger partial charge on any atom is 0.293 e. The summed E-state index contributed by atoms with van der Waals surface area (Å²) in [5, 5.41) is 15.7. The van der Waals surface area contributed by atoms with Gasteiger partial charge in [-0.05, 0) is 43.0 Å². The zero-order valence-electron chi connectivity index (χ0n) is 15.8. The van der Waals surface area contributed by atoms with Gasteiger partial charge < -0.3 is 10.3 Å². The van der Waals surface area contributed by atoms with Crippen molar-refractivity contribution in [1.82, 2.24) is 9.29 Å². The molecule has 1 aliphatic rings. The van der Waals surface area contributed by atoms with Crippen LogP contribution in [0.5, 0.6) is 0 Å². The number of nitro benzene ring substituents is 1. The molecule has 0 atom stereocenters. The Labute approximate surface area is 168 Å². The Morgan fingerprint density at radius 3 is 2.66 bits per heavy atom. The van der Waals surface area contributed by atoms with Gasteiger partial charge in [0, 0.05) is 42.8 Å². The highest BCUT2D eigenvalue weighted by atomic mass is 32.2. The van der Waals surface area contributed by atoms with Gasteiger partial charge in [-0.2, -0.15) is 4.31 Å². The average molecular weight is 414 g/mol. The van der Waals surface area contributed by atoms with Gasteiger partial charge in [0.1, 0.15) is 5.69 Å². The fourth-order valence-corrected chi connectivity index (χ4v) is 5.26. The molecule has 0 radical (unpaired) electrons. The van der Waals surface area contributed by atoms with Crippen molar-refractivity contribution in [2.24, 2.45) is 0 Å². The van der Waals surface area contributed by atoms with E-state index in [9.17, 15) is 18.5 Å². The molecule has 152 valence electrons. The number of sulfonamides is 1. The van der Waals surface area contributed by atoms with Gasteiger partial charge in [0.15, 0.2) is 0 Å². The zero-order chi connectivity index (χ0) is 20.4. The molecule has 3 aromatic rings. The fraction of sp³-hybridized carbons (Fsp3) is 0.300. The number of fused-ring (bicyclic) bond motifs is 1. The predicted octanol–water partition coefficient (Wildman–Crippen LogP) is 3.52. The summed E-state index contributed by atoms with van der Waals surface area (Å²) in [5.74, 6) is 0. The summed E-state index contributed by atoms with van der Waals surface area (Å²) in [6.45, 7) is 1.41. The number of nitro groups is 1. The Morgan fingerprint density at radius 2 is 1.90 bits per heavy atom. The van der Waals surface area contributed by atoms with Crippen LogP contribution in [0.25, 0.3) is 10.9 Å². The lowest BCUT2D eigenvalue weighted by Crippen LogP contribution is -2.27. The summed E-state index contributed by atoms with van der Waals surface area (Å²) in [6.07, 6.45) is 4.24. The smallest absolute Gasteiger partial charge is 0.293 e. The minimum Gasteiger partial charge on any atom is -0.379 e. The molecule has 0 aliphatic carbocycles. The highest BCUT2D eigenvalue weighted by Gasteiger charge is 2.29. The molecule has 0 amide bonds. The number of para-hydroxylation sites is 1. The second-order valence-corrected chi connectivity index (χ2v) is 9.02. The van der Waals surface area contributed by atoms with Gasteiger partial charge in [0.25, 0.3) is 5.69 Å². The first kappa shape index (κ1) is 19.4. The van der Waals surface area contributed by atoms with Crippen molar-refractivity contribution in [3.05, 3.63) is 64.3 Å². The van der Waals surface area contributed by atoms with Crippen LogP contribution in [-0.4, -0.2) is 42.3 Å². The van der Waals surface area contributed by atoms with Crippen molar-refractivity contribution in [1.29, 1.82) is 0 Å². The first-order chi connectivity index (χ1) is 14.0. The molecule has 1 fully saturated rings. The molecule has 1 saturated heterocycles. The van der Waals surface area contributed by atoms with E-state index in [1.807, 2.05) is 30.5 Å². The van der Waals surface area contributed by atoms with Gasteiger partial charge in [-0.15, -0.1) is 0 Å². The van der Waals surface area contributed by atoms with Crippen LogP contribution in [0.3, 0.4) is 0 Å². The summed E-state index contributed by atoms with van der Waals surface area (Å²) in [6, 6.07) is 12.0. The molecule has 0 saturated carbocycles. The van der Waals surface area contributed by atoms with Gasteiger partial charge in [0.2, 0.25) is 10.0 Å². The number of rotatable bonds is 7. The van der Waals surface area contributed by atoms with E-state index in [1.54, 1.807) is 0 Å². The topological polar surface area (TPSA) is 108 Å². The van der Waals surface area contributed by atoms with Crippen molar-refractivity contribution in [2.75, 3.05) is 25.0 Å². The summed E-state index contributed by atoms with van der Waals surface area (Å²) in [4.78, 5) is 14.2. The number of hydrogen-bond acceptors (Lipinski definition) is 5. The number of anilines is 1. The van der Waals surface area contributed by atoms with E-state index >= 15 is 0 Å². The van der Waals surface area contributed by atoms with Crippen molar-refractivity contribution < 1.29 is 13.3 Å². The first-order valence-electron chi connectivity index (χ1n) is 9.54. The minimum atomic E-state index is -3.69. The van der Waals surface area contributed by atoms with Gasteiger partial charge in [0.05, 0.1) is 9.82 Å². The molecule has 29 heavy (non-hydrogen) atoms. The average Bonchev–Trinajstić information content (AvgIpc) is 3.39. The molecular formula is C20H22N4O4S. The lowest BCUT2D eigenvalue weighted by molar-refractivity contribution is -0.384. The third-order valence-electron chi connectivity index (χ3n) is 5.25. The number of hydrogen-bond donors (Lipinski definition) is 2. The number of nitrogens with one attached hydrogen (secondary N) is 2. The third-order valence-corrected chi connectivity index (χ3v) is 7.15. The summed E-state index contributed by atoms with van der Waals surface area (Å²) < 4.78 is 26.8. The van der Waals surface area contributed by atoms with Crippen molar-refractivity contribution in [3.8, 4) is 0 Å². The molecule has 2 aromatic carbocycles. The van der Waals surface area contributed by atoms with Crippen molar-refractivity contribution in [2.45, 2.75) is 24.2 Å². The Balaban J connectivity index is 1.52. The second kappa shape index (κ2) is 7.84. The van der Waals surface area contributed by atoms with Crippen LogP contribution < -0.4 is 5.32 Å². The third kappa shape index (κ3) is 3.83. The molecule has 0 bridgehead atoms. The molecule has 1 aliphatic heterocycles. The summed E-state index contributed by atoms with van der Waals surface area (Å²) >= 11 is 0. The van der Waals surface area contributed by atoms with E-state index in [4.69, 9.17) is 0 Å². The van der Waals surface area contributed by atoms with Gasteiger partial charge in [-0.25, -0.2) is 8.42 Å². The van der Waals surface area contributed by atoms with Gasteiger partial charge in [-0.3, -0.25) is 10.1 Å². The number of benzene rings is 2. The largest absolute Gasteiger partial charge is 0.379 e. The van der Waals surface area contributed by atoms with E-state index in [2.05, 4.69) is 10.3 Å². The number of H-pyrrole nitrogens is 1. The highest BCUT2D eigenvalue weighted by Crippen LogP contribution is 2.30. The van der Waals surface area contributed by atoms with E-state index in [1.165, 1.54) is 16.4 Å². The molecule has 2 heterocycles. The lowest BCUT2D eigenvalue weighted by atomic mass is 10.1. The Bertz CT molecular complexity index is 1150. The van der Waals surface area contributed by atoms with E-state index < -0.39 is 14.9 Å². The molecule has 0 spiro atoms. The molecule has 8 nitrogen and oxygen atoms in total. The van der Waals surface area contributed by atoms with Gasteiger partial charge in [-0.1, -0.05) is 18.2 Å². The highest BCUT2D eigenvalue weighted by molar-refractivity contribution is 7.89. The standard InChI is InChI=1S/C20H22N4O4S/c25-24(26)20-13-16(29(27,28)23-11-3-4-12-23)7-8-19(20)21-10-9-15-14-22-18-6-2-1-5-17(15)18/h1-2,5-8,13-14,21-22H,3-4,9-12H2. The normalized spacial score (nSPS) is 15.0. The van der Waals surface area contributed by atoms with E-state index in [0.717, 1.165) is 35.4 Å². The number of nitrogens with zero attached hydrogens (tertiary/aromatic N) is 2. The predicted molar refractivity (Wildman–Crippen MR) is 112 cm³/mol. The second-order valence-electron chi connectivity index (χ2n) is 7.08. The Morgan fingerprint density at radius 1 is 1.14 bits per heavy atom. The minimum absolute atomic E-state index is 0.0340. The van der Waals surface area contributed by atoms with Crippen molar-refractivity contribution in [3.63, 3.8) is 0 Å². The van der Waals surface area contributed by atoms with Gasteiger partial charge >= 0.3 is 0 Å². The van der Waals surface area contributed by atoms with E-state index in [0.29, 0.717) is 31.7 Å². The summed E-state index contributed by atoms with van der Waals surface area (Å²) in [7, 11) is -3.69. The molecule has 2 N–H and O–H groups in total. The number of aromatic amines is 1. The van der Waals surface area contributed by atoms with Crippen LogP contribution >= 0.6 is 0 Å². The van der Waals surface area contributed by atoms with Crippen LogP contribution in [0.4, 0.5) is 11.4 Å². The lowest BCUT2D eigenvalue weighted by Gasteiger charge is -2.16. The molecular weight excluding hydrogens is 392 g/mol. The Hall–Kier alpha value is -2.91. The first-order valence-corrected chi connectivity index (χ1v) is 11.0. The van der Waals surface area contributed by atoms with Crippen LogP contribution in [0.15, 0.2) is 53.6 Å². The monoisotopic (exact) mass is 414 g/mol. The number of aromatic nitrogens is 1. The zero-order valence-corrected chi connectivity index (χ0v) is 16.6. The van der Waals surface area contributed by atoms with Crippen LogP contribution in [0.2, 0.25) is 0 Å². The van der Waals surface area contributed by atoms with Crippen molar-refractivity contribution >= 4 is 32.3 Å². The van der Waals surface area contributed by atoms with Crippen LogP contribution in [0, 0.1) is 10.1 Å². The molecule has 1 aromatic heterocycles. The molecule has 9 heteroatoms. The maximum absolute atomic E-state index is 12.7. The van der Waals surface area contributed by atoms with E-state index in [-0.39, 0.29) is 10.6 Å². The quantitative estimate of drug-likeness (QED) is 0.454.